The SMILES string of the molecule is CC[NH+]1CCc2cc(OC)c(OC)cc2[C@@H]1CNS(=O)(=O)c1ccc(C)cc1. The summed E-state index contributed by atoms with van der Waals surface area (Å²) in [6, 6.07) is 10.9. The van der Waals surface area contributed by atoms with Gasteiger partial charge in [0.1, 0.15) is 6.04 Å². The molecular weight excluding hydrogens is 376 g/mol. The van der Waals surface area contributed by atoms with Crippen molar-refractivity contribution in [3.63, 3.8) is 0 Å². The molecule has 2 aromatic rings. The van der Waals surface area contributed by atoms with E-state index in [-0.39, 0.29) is 6.04 Å². The van der Waals surface area contributed by atoms with E-state index in [9.17, 15) is 8.42 Å². The van der Waals surface area contributed by atoms with Crippen LogP contribution in [0.25, 0.3) is 0 Å². The summed E-state index contributed by atoms with van der Waals surface area (Å²) < 4.78 is 39.2. The molecule has 1 heterocycles. The molecule has 0 bridgehead atoms. The van der Waals surface area contributed by atoms with Crippen molar-refractivity contribution in [1.29, 1.82) is 0 Å². The third kappa shape index (κ3) is 4.16. The number of rotatable bonds is 7. The number of methoxy groups -OCH3 is 2. The normalized spacial score (nSPS) is 19.1. The summed E-state index contributed by atoms with van der Waals surface area (Å²) in [4.78, 5) is 1.64. The highest BCUT2D eigenvalue weighted by atomic mass is 32.2. The molecule has 3 rings (SSSR count). The smallest absolute Gasteiger partial charge is 0.240 e. The van der Waals surface area contributed by atoms with Crippen LogP contribution >= 0.6 is 0 Å². The summed E-state index contributed by atoms with van der Waals surface area (Å²) in [5.74, 6) is 1.38. The summed E-state index contributed by atoms with van der Waals surface area (Å²) in [7, 11) is -0.312. The van der Waals surface area contributed by atoms with Crippen molar-refractivity contribution in [2.45, 2.75) is 31.2 Å². The lowest BCUT2D eigenvalue weighted by Crippen LogP contribution is -3.13. The number of ether oxygens (including phenoxy) is 2. The van der Waals surface area contributed by atoms with Gasteiger partial charge >= 0.3 is 0 Å². The molecule has 28 heavy (non-hydrogen) atoms. The first-order valence-corrected chi connectivity index (χ1v) is 11.0. The number of hydrogen-bond acceptors (Lipinski definition) is 4. The summed E-state index contributed by atoms with van der Waals surface area (Å²) >= 11 is 0. The van der Waals surface area contributed by atoms with Crippen LogP contribution in [-0.4, -0.2) is 42.3 Å². The molecule has 2 atom stereocenters. The van der Waals surface area contributed by atoms with E-state index >= 15 is 0 Å². The molecule has 1 aliphatic heterocycles. The highest BCUT2D eigenvalue weighted by molar-refractivity contribution is 7.89. The molecule has 2 N–H and O–H groups in total. The predicted octanol–water partition coefficient (Wildman–Crippen LogP) is 1.49. The standard InChI is InChI=1S/C21H28N2O4S/c1-5-23-11-10-16-12-20(26-3)21(27-4)13-18(16)19(23)14-22-28(24,25)17-8-6-15(2)7-9-17/h6-9,12-13,19,22H,5,10-11,14H2,1-4H3/p+1/t19-/m0/s1. The Balaban J connectivity index is 1.89. The van der Waals surface area contributed by atoms with Gasteiger partial charge in [0, 0.05) is 12.0 Å². The van der Waals surface area contributed by atoms with Crippen LogP contribution in [0.5, 0.6) is 11.5 Å². The van der Waals surface area contributed by atoms with Gasteiger partial charge in [0.15, 0.2) is 11.5 Å². The molecule has 0 saturated carbocycles. The molecular formula is C21H29N2O4S+. The van der Waals surface area contributed by atoms with Gasteiger partial charge in [-0.15, -0.1) is 0 Å². The topological polar surface area (TPSA) is 69.1 Å². The highest BCUT2D eigenvalue weighted by Gasteiger charge is 2.32. The second kappa shape index (κ2) is 8.51. The van der Waals surface area contributed by atoms with Crippen molar-refractivity contribution < 1.29 is 22.8 Å². The minimum absolute atomic E-state index is 0.0220. The molecule has 0 saturated heterocycles. The van der Waals surface area contributed by atoms with Crippen LogP contribution in [-0.2, 0) is 16.4 Å². The van der Waals surface area contributed by atoms with Crippen molar-refractivity contribution in [2.24, 2.45) is 0 Å². The van der Waals surface area contributed by atoms with Crippen LogP contribution in [0.2, 0.25) is 0 Å². The minimum atomic E-state index is -3.56. The summed E-state index contributed by atoms with van der Waals surface area (Å²) in [6.07, 6.45) is 0.931. The average molecular weight is 406 g/mol. The molecule has 0 spiro atoms. The van der Waals surface area contributed by atoms with E-state index in [4.69, 9.17) is 9.47 Å². The van der Waals surface area contributed by atoms with Gasteiger partial charge in [-0.05, 0) is 43.7 Å². The Labute approximate surface area is 167 Å². The Bertz CT molecular complexity index is 926. The first kappa shape index (κ1) is 20.6. The fourth-order valence-corrected chi connectivity index (χ4v) is 4.89. The lowest BCUT2D eigenvalue weighted by Gasteiger charge is -2.34. The van der Waals surface area contributed by atoms with Gasteiger partial charge < -0.3 is 14.4 Å². The molecule has 1 aliphatic rings. The van der Waals surface area contributed by atoms with Gasteiger partial charge in [-0.25, -0.2) is 13.1 Å². The van der Waals surface area contributed by atoms with Crippen LogP contribution in [0.4, 0.5) is 0 Å². The molecule has 0 aromatic heterocycles. The van der Waals surface area contributed by atoms with E-state index in [1.165, 1.54) is 10.5 Å². The van der Waals surface area contributed by atoms with Crippen LogP contribution < -0.4 is 19.1 Å². The van der Waals surface area contributed by atoms with Gasteiger partial charge in [0.05, 0.1) is 38.7 Å². The van der Waals surface area contributed by atoms with Gasteiger partial charge in [-0.3, -0.25) is 0 Å². The van der Waals surface area contributed by atoms with Crippen molar-refractivity contribution in [1.82, 2.24) is 4.72 Å². The largest absolute Gasteiger partial charge is 0.493 e. The number of aryl methyl sites for hydroxylation is 1. The molecule has 0 fully saturated rings. The fourth-order valence-electron chi connectivity index (χ4n) is 3.84. The van der Waals surface area contributed by atoms with Crippen LogP contribution in [0.3, 0.4) is 0 Å². The Morgan fingerprint density at radius 2 is 1.75 bits per heavy atom. The van der Waals surface area contributed by atoms with E-state index in [1.807, 2.05) is 31.2 Å². The molecule has 152 valence electrons. The predicted molar refractivity (Wildman–Crippen MR) is 109 cm³/mol. The van der Waals surface area contributed by atoms with Crippen molar-refractivity contribution in [3.8, 4) is 11.5 Å². The minimum Gasteiger partial charge on any atom is -0.493 e. The molecule has 0 amide bonds. The van der Waals surface area contributed by atoms with Gasteiger partial charge in [0.25, 0.3) is 0 Å². The number of hydrogen-bond donors (Lipinski definition) is 2. The Morgan fingerprint density at radius 3 is 2.36 bits per heavy atom. The summed E-state index contributed by atoms with van der Waals surface area (Å²) in [6.45, 7) is 6.28. The zero-order valence-electron chi connectivity index (χ0n) is 16.9. The molecule has 0 radical (unpaired) electrons. The lowest BCUT2D eigenvalue weighted by molar-refractivity contribution is -0.930. The second-order valence-electron chi connectivity index (χ2n) is 7.14. The average Bonchev–Trinajstić information content (AvgIpc) is 2.71. The summed E-state index contributed by atoms with van der Waals surface area (Å²) in [5, 5.41) is 0. The number of nitrogens with one attached hydrogen (secondary N) is 2. The van der Waals surface area contributed by atoms with E-state index in [2.05, 4.69) is 11.6 Å². The fraction of sp³-hybridized carbons (Fsp3) is 0.429. The zero-order chi connectivity index (χ0) is 20.3. The summed E-state index contributed by atoms with van der Waals surface area (Å²) in [5.41, 5.74) is 3.34. The van der Waals surface area contributed by atoms with E-state index in [1.54, 1.807) is 26.4 Å². The number of sulfonamides is 1. The molecule has 6 nitrogen and oxygen atoms in total. The highest BCUT2D eigenvalue weighted by Crippen LogP contribution is 2.34. The first-order chi connectivity index (χ1) is 13.4. The maximum absolute atomic E-state index is 12.8. The maximum Gasteiger partial charge on any atom is 0.240 e. The van der Waals surface area contributed by atoms with Crippen LogP contribution in [0.1, 0.15) is 29.7 Å². The first-order valence-electron chi connectivity index (χ1n) is 9.55. The Kier molecular flexibility index (Phi) is 6.27. The quantitative estimate of drug-likeness (QED) is 0.732. The van der Waals surface area contributed by atoms with Crippen LogP contribution in [0, 0.1) is 6.92 Å². The lowest BCUT2D eigenvalue weighted by atomic mass is 9.92. The third-order valence-corrected chi connectivity index (χ3v) is 6.93. The van der Waals surface area contributed by atoms with Gasteiger partial charge in [-0.1, -0.05) is 17.7 Å². The Morgan fingerprint density at radius 1 is 1.11 bits per heavy atom. The third-order valence-electron chi connectivity index (χ3n) is 5.49. The molecule has 7 heteroatoms. The monoisotopic (exact) mass is 405 g/mol. The molecule has 0 aliphatic carbocycles. The Hall–Kier alpha value is -2.09. The van der Waals surface area contributed by atoms with Crippen molar-refractivity contribution in [3.05, 3.63) is 53.1 Å². The molecule has 1 unspecified atom stereocenters. The second-order valence-corrected chi connectivity index (χ2v) is 8.90. The number of fused-ring (bicyclic) bond motifs is 1. The number of benzene rings is 2. The van der Waals surface area contributed by atoms with E-state index in [0.29, 0.717) is 22.9 Å². The zero-order valence-corrected chi connectivity index (χ0v) is 17.7. The van der Waals surface area contributed by atoms with E-state index in [0.717, 1.165) is 30.6 Å². The van der Waals surface area contributed by atoms with Crippen LogP contribution in [0.15, 0.2) is 41.3 Å². The maximum atomic E-state index is 12.8. The molecule has 2 aromatic carbocycles. The number of likely N-dealkylation sites (N-methyl/N-ethyl adjacent to an activating group) is 1. The van der Waals surface area contributed by atoms with E-state index < -0.39 is 10.0 Å². The van der Waals surface area contributed by atoms with Crippen molar-refractivity contribution in [2.75, 3.05) is 33.9 Å². The van der Waals surface area contributed by atoms with Gasteiger partial charge in [0.2, 0.25) is 10.0 Å². The van der Waals surface area contributed by atoms with Gasteiger partial charge in [-0.2, -0.15) is 0 Å². The van der Waals surface area contributed by atoms with Crippen molar-refractivity contribution >= 4 is 10.0 Å². The number of quaternary nitrogens is 1.